The third-order valence-corrected chi connectivity index (χ3v) is 3.37. The fourth-order valence-electron chi connectivity index (χ4n) is 2.12. The molecule has 0 saturated carbocycles. The Morgan fingerprint density at radius 3 is 2.53 bits per heavy atom. The molecule has 106 valence electrons. The lowest BCUT2D eigenvalue weighted by molar-refractivity contribution is 0.151. The number of rotatable bonds is 10. The summed E-state index contributed by atoms with van der Waals surface area (Å²) in [4.78, 5) is 0. The van der Waals surface area contributed by atoms with Crippen molar-refractivity contribution in [1.82, 2.24) is 0 Å². The fourth-order valence-corrected chi connectivity index (χ4v) is 2.12. The van der Waals surface area contributed by atoms with E-state index in [9.17, 15) is 5.11 Å². The van der Waals surface area contributed by atoms with Crippen molar-refractivity contribution in [3.8, 4) is 5.75 Å². The number of methoxy groups -OCH3 is 1. The second kappa shape index (κ2) is 9.62. The summed E-state index contributed by atoms with van der Waals surface area (Å²) in [6.07, 6.45) is 9.03. The average molecular weight is 262 g/mol. The summed E-state index contributed by atoms with van der Waals surface area (Å²) in [5.74, 6) is 0.881. The maximum Gasteiger partial charge on any atom is 0.118 e. The normalized spacial score (nSPS) is 12.1. The van der Waals surface area contributed by atoms with Crippen molar-refractivity contribution in [2.75, 3.05) is 7.11 Å². The van der Waals surface area contributed by atoms with E-state index in [0.717, 1.165) is 37.9 Å². The predicted octanol–water partition coefficient (Wildman–Crippen LogP) is 4.13. The van der Waals surface area contributed by atoms with Crippen molar-refractivity contribution in [3.63, 3.8) is 0 Å². The molecule has 0 fully saturated rings. The summed E-state index contributed by atoms with van der Waals surface area (Å²) in [6, 6.07) is 8.07. The van der Waals surface area contributed by atoms with E-state index in [1.165, 1.54) is 18.4 Å². The number of aliphatic hydroxyl groups excluding tert-OH is 1. The van der Waals surface area contributed by atoms with Crippen LogP contribution in [-0.4, -0.2) is 18.3 Å². The zero-order valence-corrected chi connectivity index (χ0v) is 12.0. The molecule has 2 nitrogen and oxygen atoms in total. The smallest absolute Gasteiger partial charge is 0.118 e. The highest BCUT2D eigenvalue weighted by Gasteiger charge is 2.04. The van der Waals surface area contributed by atoms with Gasteiger partial charge in [-0.3, -0.25) is 0 Å². The van der Waals surface area contributed by atoms with E-state index in [0.29, 0.717) is 0 Å². The largest absolute Gasteiger partial charge is 0.497 e. The molecule has 2 heteroatoms. The molecule has 1 atom stereocenters. The van der Waals surface area contributed by atoms with Gasteiger partial charge in [-0.2, -0.15) is 0 Å². The molecule has 1 N–H and O–H groups in total. The molecular formula is C17H26O2. The molecule has 0 aliphatic heterocycles. The van der Waals surface area contributed by atoms with Gasteiger partial charge in [0, 0.05) is 0 Å². The Morgan fingerprint density at radius 2 is 1.89 bits per heavy atom. The first-order chi connectivity index (χ1) is 9.26. The monoisotopic (exact) mass is 262 g/mol. The van der Waals surface area contributed by atoms with Crippen LogP contribution in [0.1, 0.15) is 44.1 Å². The minimum absolute atomic E-state index is 0.175. The van der Waals surface area contributed by atoms with E-state index in [4.69, 9.17) is 4.74 Å². The van der Waals surface area contributed by atoms with Crippen LogP contribution in [0.15, 0.2) is 36.9 Å². The Bertz CT molecular complexity index is 343. The Balaban J connectivity index is 2.14. The molecule has 0 aliphatic carbocycles. The molecular weight excluding hydrogens is 236 g/mol. The predicted molar refractivity (Wildman–Crippen MR) is 80.6 cm³/mol. The molecule has 0 radical (unpaired) electrons. The topological polar surface area (TPSA) is 29.5 Å². The number of aliphatic hydroxyl groups is 1. The van der Waals surface area contributed by atoms with E-state index in [2.05, 4.69) is 18.7 Å². The molecule has 0 aliphatic rings. The molecule has 19 heavy (non-hydrogen) atoms. The highest BCUT2D eigenvalue weighted by molar-refractivity contribution is 5.27. The van der Waals surface area contributed by atoms with Crippen molar-refractivity contribution in [1.29, 1.82) is 0 Å². The summed E-state index contributed by atoms with van der Waals surface area (Å²) in [7, 11) is 1.67. The van der Waals surface area contributed by atoms with Crippen LogP contribution in [0, 0.1) is 0 Å². The summed E-state index contributed by atoms with van der Waals surface area (Å²) >= 11 is 0. The van der Waals surface area contributed by atoms with E-state index < -0.39 is 0 Å². The third-order valence-electron chi connectivity index (χ3n) is 3.37. The van der Waals surface area contributed by atoms with Crippen LogP contribution in [0.25, 0.3) is 0 Å². The molecule has 0 aromatic heterocycles. The lowest BCUT2D eigenvalue weighted by Crippen LogP contribution is -2.07. The van der Waals surface area contributed by atoms with Crippen LogP contribution >= 0.6 is 0 Å². The molecule has 0 saturated heterocycles. The van der Waals surface area contributed by atoms with Crippen LogP contribution in [-0.2, 0) is 6.42 Å². The van der Waals surface area contributed by atoms with Crippen LogP contribution in [0.3, 0.4) is 0 Å². The molecule has 1 unspecified atom stereocenters. The van der Waals surface area contributed by atoms with Gasteiger partial charge in [-0.05, 0) is 49.8 Å². The Kier molecular flexibility index (Phi) is 7.99. The quantitative estimate of drug-likeness (QED) is 0.507. The van der Waals surface area contributed by atoms with Gasteiger partial charge in [0.1, 0.15) is 5.75 Å². The molecule has 0 bridgehead atoms. The van der Waals surface area contributed by atoms with Gasteiger partial charge in [0.2, 0.25) is 0 Å². The number of hydrogen-bond acceptors (Lipinski definition) is 2. The zero-order valence-electron chi connectivity index (χ0n) is 12.0. The third kappa shape index (κ3) is 7.02. The first kappa shape index (κ1) is 15.8. The number of aryl methyl sites for hydroxylation is 1. The second-order valence-corrected chi connectivity index (χ2v) is 4.97. The second-order valence-electron chi connectivity index (χ2n) is 4.97. The van der Waals surface area contributed by atoms with Gasteiger partial charge >= 0.3 is 0 Å². The fraction of sp³-hybridized carbons (Fsp3) is 0.529. The van der Waals surface area contributed by atoms with E-state index in [1.807, 2.05) is 18.2 Å². The lowest BCUT2D eigenvalue weighted by atomic mass is 10.0. The molecule has 1 rings (SSSR count). The highest BCUT2D eigenvalue weighted by atomic mass is 16.5. The van der Waals surface area contributed by atoms with E-state index >= 15 is 0 Å². The summed E-state index contributed by atoms with van der Waals surface area (Å²) in [6.45, 7) is 3.71. The summed E-state index contributed by atoms with van der Waals surface area (Å²) in [5, 5.41) is 9.92. The molecule has 1 aromatic rings. The first-order valence-corrected chi connectivity index (χ1v) is 7.18. The van der Waals surface area contributed by atoms with Gasteiger partial charge in [-0.25, -0.2) is 0 Å². The van der Waals surface area contributed by atoms with Gasteiger partial charge in [-0.15, -0.1) is 6.58 Å². The van der Waals surface area contributed by atoms with Gasteiger partial charge in [0.25, 0.3) is 0 Å². The van der Waals surface area contributed by atoms with Crippen molar-refractivity contribution >= 4 is 0 Å². The number of benzene rings is 1. The van der Waals surface area contributed by atoms with Gasteiger partial charge in [0.15, 0.2) is 0 Å². The molecule has 0 amide bonds. The van der Waals surface area contributed by atoms with Crippen LogP contribution in [0.2, 0.25) is 0 Å². The first-order valence-electron chi connectivity index (χ1n) is 7.18. The number of unbranched alkanes of at least 4 members (excludes halogenated alkanes) is 3. The minimum Gasteiger partial charge on any atom is -0.497 e. The Morgan fingerprint density at radius 1 is 1.16 bits per heavy atom. The molecule has 0 spiro atoms. The van der Waals surface area contributed by atoms with Crippen LogP contribution in [0.5, 0.6) is 5.75 Å². The van der Waals surface area contributed by atoms with E-state index in [1.54, 1.807) is 7.11 Å². The number of hydrogen-bond donors (Lipinski definition) is 1. The number of allylic oxidation sites excluding steroid dienone is 1. The van der Waals surface area contributed by atoms with Gasteiger partial charge < -0.3 is 9.84 Å². The summed E-state index contributed by atoms with van der Waals surface area (Å²) < 4.78 is 5.12. The van der Waals surface area contributed by atoms with Crippen molar-refractivity contribution in [2.45, 2.75) is 51.0 Å². The maximum absolute atomic E-state index is 9.92. The minimum atomic E-state index is -0.175. The highest BCUT2D eigenvalue weighted by Crippen LogP contribution is 2.15. The van der Waals surface area contributed by atoms with E-state index in [-0.39, 0.29) is 6.10 Å². The van der Waals surface area contributed by atoms with Crippen LogP contribution in [0.4, 0.5) is 0 Å². The SMILES string of the molecule is C=CCCCCCC(O)CCc1ccc(OC)cc1. The Hall–Kier alpha value is -1.28. The van der Waals surface area contributed by atoms with Gasteiger partial charge in [0.05, 0.1) is 13.2 Å². The van der Waals surface area contributed by atoms with Crippen molar-refractivity contribution in [3.05, 3.63) is 42.5 Å². The molecule has 1 aromatic carbocycles. The van der Waals surface area contributed by atoms with Crippen LogP contribution < -0.4 is 4.74 Å². The van der Waals surface area contributed by atoms with Crippen molar-refractivity contribution in [2.24, 2.45) is 0 Å². The number of ether oxygens (including phenoxy) is 1. The summed E-state index contributed by atoms with van der Waals surface area (Å²) in [5.41, 5.74) is 1.26. The Labute approximate surface area is 117 Å². The van der Waals surface area contributed by atoms with Gasteiger partial charge in [-0.1, -0.05) is 31.1 Å². The van der Waals surface area contributed by atoms with Crippen molar-refractivity contribution < 1.29 is 9.84 Å². The standard InChI is InChI=1S/C17H26O2/c1-3-4-5-6-7-8-16(18)12-9-15-10-13-17(19-2)14-11-15/h3,10-11,13-14,16,18H,1,4-9,12H2,2H3. The maximum atomic E-state index is 9.92. The zero-order chi connectivity index (χ0) is 13.9. The molecule has 0 heterocycles. The lowest BCUT2D eigenvalue weighted by Gasteiger charge is -2.10. The average Bonchev–Trinajstić information content (AvgIpc) is 2.45.